The third-order valence-corrected chi connectivity index (χ3v) is 4.28. The van der Waals surface area contributed by atoms with Crippen LogP contribution in [-0.2, 0) is 9.59 Å². The Morgan fingerprint density at radius 1 is 1.40 bits per heavy atom. The van der Waals surface area contributed by atoms with Gasteiger partial charge in [-0.15, -0.1) is 0 Å². The molecule has 4 atom stereocenters. The van der Waals surface area contributed by atoms with Crippen molar-refractivity contribution in [3.05, 3.63) is 0 Å². The summed E-state index contributed by atoms with van der Waals surface area (Å²) in [5, 5.41) is 24.8. The van der Waals surface area contributed by atoms with Gasteiger partial charge in [-0.3, -0.25) is 24.8 Å². The summed E-state index contributed by atoms with van der Waals surface area (Å²) in [5.41, 5.74) is 10.4. The SMILES string of the molecule is C[C@H](NC(=O)[C@@H]1CCCN1C)C(O)N[C@@H](CCCN=C(N)N)C(=O)O. The van der Waals surface area contributed by atoms with Crippen molar-refractivity contribution in [2.24, 2.45) is 16.5 Å². The van der Waals surface area contributed by atoms with Crippen LogP contribution in [0.3, 0.4) is 0 Å². The smallest absolute Gasteiger partial charge is 0.320 e. The van der Waals surface area contributed by atoms with Crippen molar-refractivity contribution < 1.29 is 19.8 Å². The van der Waals surface area contributed by atoms with E-state index in [1.807, 2.05) is 11.9 Å². The van der Waals surface area contributed by atoms with Crippen molar-refractivity contribution >= 4 is 17.8 Å². The summed E-state index contributed by atoms with van der Waals surface area (Å²) in [6.45, 7) is 2.80. The molecule has 1 rings (SSSR count). The van der Waals surface area contributed by atoms with Gasteiger partial charge in [-0.2, -0.15) is 0 Å². The van der Waals surface area contributed by atoms with Gasteiger partial charge in [0.15, 0.2) is 5.96 Å². The van der Waals surface area contributed by atoms with Crippen molar-refractivity contribution in [2.45, 2.75) is 57.0 Å². The van der Waals surface area contributed by atoms with Gasteiger partial charge in [-0.1, -0.05) is 0 Å². The van der Waals surface area contributed by atoms with Crippen molar-refractivity contribution in [3.63, 3.8) is 0 Å². The third-order valence-electron chi connectivity index (χ3n) is 4.28. The number of aliphatic hydroxyl groups excluding tert-OH is 1. The molecule has 0 spiro atoms. The third kappa shape index (κ3) is 7.24. The average molecular weight is 358 g/mol. The van der Waals surface area contributed by atoms with Gasteiger partial charge in [-0.25, -0.2) is 0 Å². The van der Waals surface area contributed by atoms with Crippen molar-refractivity contribution in [1.82, 2.24) is 15.5 Å². The first-order valence-electron chi connectivity index (χ1n) is 8.45. The average Bonchev–Trinajstić information content (AvgIpc) is 2.95. The number of aliphatic imine (C=N–C) groups is 1. The second-order valence-corrected chi connectivity index (χ2v) is 6.39. The maximum absolute atomic E-state index is 12.2. The Labute approximate surface area is 147 Å². The monoisotopic (exact) mass is 358 g/mol. The number of aliphatic carboxylic acids is 1. The lowest BCUT2D eigenvalue weighted by molar-refractivity contribution is -0.141. The molecule has 1 heterocycles. The number of carbonyl (C=O) groups excluding carboxylic acids is 1. The number of guanidine groups is 1. The number of hydrogen-bond acceptors (Lipinski definition) is 6. The maximum Gasteiger partial charge on any atom is 0.320 e. The van der Waals surface area contributed by atoms with Crippen LogP contribution < -0.4 is 22.1 Å². The van der Waals surface area contributed by atoms with Crippen molar-refractivity contribution in [2.75, 3.05) is 20.1 Å². The first kappa shape index (κ1) is 21.1. The number of nitrogens with zero attached hydrogens (tertiary/aromatic N) is 2. The minimum Gasteiger partial charge on any atom is -0.480 e. The lowest BCUT2D eigenvalue weighted by Crippen LogP contribution is -2.55. The van der Waals surface area contributed by atoms with Crippen LogP contribution in [-0.4, -0.2) is 77.4 Å². The van der Waals surface area contributed by atoms with Crippen molar-refractivity contribution in [3.8, 4) is 0 Å². The summed E-state index contributed by atoms with van der Waals surface area (Å²) in [6, 6.07) is -1.79. The quantitative estimate of drug-likeness (QED) is 0.113. The van der Waals surface area contributed by atoms with E-state index in [1.165, 1.54) is 0 Å². The van der Waals surface area contributed by atoms with E-state index in [-0.39, 0.29) is 24.3 Å². The zero-order valence-corrected chi connectivity index (χ0v) is 14.8. The molecule has 144 valence electrons. The number of nitrogens with two attached hydrogens (primary N) is 2. The van der Waals surface area contributed by atoms with Gasteiger partial charge < -0.3 is 27.0 Å². The number of likely N-dealkylation sites (tertiary alicyclic amines) is 1. The molecule has 1 saturated heterocycles. The molecular formula is C15H30N6O4. The van der Waals surface area contributed by atoms with E-state index in [4.69, 9.17) is 11.5 Å². The molecule has 0 radical (unpaired) electrons. The predicted molar refractivity (Wildman–Crippen MR) is 93.7 cm³/mol. The van der Waals surface area contributed by atoms with Gasteiger partial charge in [0.05, 0.1) is 12.1 Å². The molecule has 0 aliphatic carbocycles. The van der Waals surface area contributed by atoms with Gasteiger partial charge in [0.1, 0.15) is 12.3 Å². The highest BCUT2D eigenvalue weighted by Crippen LogP contribution is 2.14. The van der Waals surface area contributed by atoms with Crippen LogP contribution in [0.5, 0.6) is 0 Å². The predicted octanol–water partition coefficient (Wildman–Crippen LogP) is -2.00. The molecule has 0 aromatic heterocycles. The van der Waals surface area contributed by atoms with Crippen LogP contribution in [0.25, 0.3) is 0 Å². The fourth-order valence-corrected chi connectivity index (χ4v) is 2.77. The number of carbonyl (C=O) groups is 2. The van der Waals surface area contributed by atoms with E-state index >= 15 is 0 Å². The minimum absolute atomic E-state index is 0.0481. The summed E-state index contributed by atoms with van der Waals surface area (Å²) in [6.07, 6.45) is 1.25. The van der Waals surface area contributed by atoms with Gasteiger partial charge >= 0.3 is 5.97 Å². The maximum atomic E-state index is 12.2. The normalized spacial score (nSPS) is 21.3. The van der Waals surface area contributed by atoms with Crippen LogP contribution in [0.2, 0.25) is 0 Å². The Balaban J connectivity index is 2.46. The second kappa shape index (κ2) is 10.2. The number of nitrogens with one attached hydrogen (secondary N) is 2. The number of aliphatic hydroxyl groups is 1. The van der Waals surface area contributed by atoms with E-state index in [9.17, 15) is 19.8 Å². The summed E-state index contributed by atoms with van der Waals surface area (Å²) in [4.78, 5) is 29.3. The van der Waals surface area contributed by atoms with Crippen LogP contribution in [0.1, 0.15) is 32.6 Å². The molecule has 0 aromatic carbocycles. The highest BCUT2D eigenvalue weighted by Gasteiger charge is 2.30. The molecule has 0 aromatic rings. The zero-order chi connectivity index (χ0) is 19.0. The lowest BCUT2D eigenvalue weighted by atomic mass is 10.1. The molecule has 1 amide bonds. The molecule has 1 fully saturated rings. The summed E-state index contributed by atoms with van der Waals surface area (Å²) in [5.74, 6) is -1.29. The number of carboxylic acids is 1. The Morgan fingerprint density at radius 2 is 2.08 bits per heavy atom. The van der Waals surface area contributed by atoms with Crippen LogP contribution >= 0.6 is 0 Å². The van der Waals surface area contributed by atoms with Crippen molar-refractivity contribution in [1.29, 1.82) is 0 Å². The van der Waals surface area contributed by atoms with Crippen LogP contribution in [0.15, 0.2) is 4.99 Å². The number of carboxylic acid groups (broad SMARTS) is 1. The van der Waals surface area contributed by atoms with E-state index < -0.39 is 24.3 Å². The summed E-state index contributed by atoms with van der Waals surface area (Å²) >= 11 is 0. The second-order valence-electron chi connectivity index (χ2n) is 6.39. The van der Waals surface area contributed by atoms with Gasteiger partial charge in [0, 0.05) is 6.54 Å². The fourth-order valence-electron chi connectivity index (χ4n) is 2.77. The highest BCUT2D eigenvalue weighted by atomic mass is 16.4. The van der Waals surface area contributed by atoms with Gasteiger partial charge in [-0.05, 0) is 46.2 Å². The first-order valence-corrected chi connectivity index (χ1v) is 8.45. The molecule has 10 nitrogen and oxygen atoms in total. The first-order chi connectivity index (χ1) is 11.7. The van der Waals surface area contributed by atoms with E-state index in [0.29, 0.717) is 13.0 Å². The molecular weight excluding hydrogens is 328 g/mol. The Bertz CT molecular complexity index is 483. The highest BCUT2D eigenvalue weighted by molar-refractivity contribution is 5.82. The summed E-state index contributed by atoms with van der Waals surface area (Å²) in [7, 11) is 1.88. The fraction of sp³-hybridized carbons (Fsp3) is 0.800. The Hall–Kier alpha value is -1.91. The van der Waals surface area contributed by atoms with Gasteiger partial charge in [0.2, 0.25) is 5.91 Å². The number of amides is 1. The molecule has 25 heavy (non-hydrogen) atoms. The molecule has 8 N–H and O–H groups in total. The van der Waals surface area contributed by atoms with Crippen LogP contribution in [0, 0.1) is 0 Å². The number of hydrogen-bond donors (Lipinski definition) is 6. The Kier molecular flexibility index (Phi) is 8.59. The number of rotatable bonds is 10. The lowest BCUT2D eigenvalue weighted by Gasteiger charge is -2.27. The molecule has 1 unspecified atom stereocenters. The molecule has 1 aliphatic rings. The van der Waals surface area contributed by atoms with E-state index in [1.54, 1.807) is 6.92 Å². The van der Waals surface area contributed by atoms with E-state index in [0.717, 1.165) is 19.4 Å². The largest absolute Gasteiger partial charge is 0.480 e. The molecule has 0 saturated carbocycles. The minimum atomic E-state index is -1.18. The van der Waals surface area contributed by atoms with Gasteiger partial charge in [0.25, 0.3) is 0 Å². The molecule has 0 bridgehead atoms. The standard InChI is InChI=1S/C15H30N6O4/c1-9(19-13(23)11-6-4-8-21(11)2)12(22)20-10(14(24)25)5-3-7-18-15(16)17/h9-12,20,22H,3-8H2,1-2H3,(H,19,23)(H,24,25)(H4,16,17,18)/t9-,10-,11-,12?/m0/s1. The van der Waals surface area contributed by atoms with Crippen LogP contribution in [0.4, 0.5) is 0 Å². The van der Waals surface area contributed by atoms with E-state index in [2.05, 4.69) is 15.6 Å². The number of likely N-dealkylation sites (N-methyl/N-ethyl adjacent to an activating group) is 1. The summed E-state index contributed by atoms with van der Waals surface area (Å²) < 4.78 is 0. The topological polar surface area (TPSA) is 166 Å². The molecule has 10 heteroatoms. The molecule has 1 aliphatic heterocycles. The Morgan fingerprint density at radius 3 is 2.60 bits per heavy atom. The zero-order valence-electron chi connectivity index (χ0n) is 14.8.